The van der Waals surface area contributed by atoms with Crippen molar-refractivity contribution in [3.8, 4) is 0 Å². The van der Waals surface area contributed by atoms with Crippen LogP contribution in [0.1, 0.15) is 25.7 Å². The molecule has 0 aromatic carbocycles. The Morgan fingerprint density at radius 1 is 1.45 bits per heavy atom. The first-order valence-corrected chi connectivity index (χ1v) is 4.97. The van der Waals surface area contributed by atoms with Crippen LogP contribution in [0, 0.1) is 0 Å². The Labute approximate surface area is 72.9 Å². The minimum atomic E-state index is 0.575. The molecule has 11 heavy (non-hydrogen) atoms. The molecule has 1 aliphatic heterocycles. The quantitative estimate of drug-likeness (QED) is 0.568. The average molecular weight is 170 g/mol. The van der Waals surface area contributed by atoms with E-state index in [1.165, 1.54) is 25.7 Å². The summed E-state index contributed by atoms with van der Waals surface area (Å²) in [6.07, 6.45) is 5.29. The largest absolute Gasteiger partial charge is 0.368 e. The summed E-state index contributed by atoms with van der Waals surface area (Å²) in [4.78, 5) is 4.56. The van der Waals surface area contributed by atoms with E-state index in [-0.39, 0.29) is 0 Å². The third-order valence-electron chi connectivity index (χ3n) is 2.55. The minimum absolute atomic E-state index is 0.575. The van der Waals surface area contributed by atoms with Crippen molar-refractivity contribution in [2.75, 3.05) is 5.75 Å². The van der Waals surface area contributed by atoms with Gasteiger partial charge in [-0.05, 0) is 12.8 Å². The number of aliphatic imine (C=N–C) groups is 1. The molecule has 1 fully saturated rings. The fourth-order valence-electron chi connectivity index (χ4n) is 1.97. The summed E-state index contributed by atoms with van der Waals surface area (Å²) in [5.41, 5.74) is 0. The van der Waals surface area contributed by atoms with E-state index < -0.39 is 0 Å². The summed E-state index contributed by atoms with van der Waals surface area (Å²) >= 11 is 4.20. The molecular formula is C8H14N2S. The van der Waals surface area contributed by atoms with E-state index in [1.807, 2.05) is 0 Å². The van der Waals surface area contributed by atoms with Gasteiger partial charge in [0.25, 0.3) is 0 Å². The van der Waals surface area contributed by atoms with E-state index in [9.17, 15) is 0 Å². The Bertz CT molecular complexity index is 179. The summed E-state index contributed by atoms with van der Waals surface area (Å²) in [5.74, 6) is 1.87. The molecule has 1 heterocycles. The van der Waals surface area contributed by atoms with Crippen molar-refractivity contribution < 1.29 is 0 Å². The van der Waals surface area contributed by atoms with Gasteiger partial charge in [0, 0.05) is 11.8 Å². The van der Waals surface area contributed by atoms with Crippen LogP contribution in [0.3, 0.4) is 0 Å². The lowest BCUT2D eigenvalue weighted by Gasteiger charge is -2.23. The number of nitrogens with one attached hydrogen (secondary N) is 1. The number of hydrogen-bond donors (Lipinski definition) is 2. The van der Waals surface area contributed by atoms with E-state index in [1.54, 1.807) is 0 Å². The molecule has 0 spiro atoms. The zero-order valence-corrected chi connectivity index (χ0v) is 7.48. The number of rotatable bonds is 1. The Morgan fingerprint density at radius 2 is 2.27 bits per heavy atom. The number of thiol groups is 1. The maximum Gasteiger partial charge on any atom is 0.107 e. The second-order valence-corrected chi connectivity index (χ2v) is 3.65. The van der Waals surface area contributed by atoms with Crippen molar-refractivity contribution >= 4 is 18.5 Å². The van der Waals surface area contributed by atoms with Crippen molar-refractivity contribution in [1.82, 2.24) is 5.32 Å². The predicted octanol–water partition coefficient (Wildman–Crippen LogP) is 1.23. The lowest BCUT2D eigenvalue weighted by molar-refractivity contribution is 0.384. The molecule has 3 heteroatoms. The summed E-state index contributed by atoms with van der Waals surface area (Å²) in [5, 5.41) is 3.42. The highest BCUT2D eigenvalue weighted by Gasteiger charge is 2.29. The molecule has 2 nitrogen and oxygen atoms in total. The monoisotopic (exact) mass is 170 g/mol. The molecule has 0 aromatic rings. The van der Waals surface area contributed by atoms with Gasteiger partial charge in [0.1, 0.15) is 5.84 Å². The first-order valence-electron chi connectivity index (χ1n) is 4.34. The van der Waals surface area contributed by atoms with Gasteiger partial charge in [-0.1, -0.05) is 12.8 Å². The van der Waals surface area contributed by atoms with Gasteiger partial charge >= 0.3 is 0 Å². The van der Waals surface area contributed by atoms with Gasteiger partial charge in [0.15, 0.2) is 0 Å². The molecule has 1 N–H and O–H groups in total. The van der Waals surface area contributed by atoms with Crippen molar-refractivity contribution in [2.24, 2.45) is 4.99 Å². The second-order valence-electron chi connectivity index (χ2n) is 3.34. The Hall–Kier alpha value is -0.180. The molecule has 2 aliphatic rings. The summed E-state index contributed by atoms with van der Waals surface area (Å²) in [7, 11) is 0. The van der Waals surface area contributed by atoms with Crippen LogP contribution in [0.15, 0.2) is 4.99 Å². The minimum Gasteiger partial charge on any atom is -0.368 e. The second kappa shape index (κ2) is 3.05. The molecule has 0 radical (unpaired) electrons. The highest BCUT2D eigenvalue weighted by molar-refractivity contribution is 7.81. The van der Waals surface area contributed by atoms with E-state index in [2.05, 4.69) is 22.9 Å². The molecule has 2 unspecified atom stereocenters. The zero-order valence-electron chi connectivity index (χ0n) is 6.58. The average Bonchev–Trinajstić information content (AvgIpc) is 2.46. The van der Waals surface area contributed by atoms with Crippen molar-refractivity contribution in [1.29, 1.82) is 0 Å². The number of hydrogen-bond acceptors (Lipinski definition) is 3. The topological polar surface area (TPSA) is 24.4 Å². The van der Waals surface area contributed by atoms with Crippen LogP contribution in [0.2, 0.25) is 0 Å². The van der Waals surface area contributed by atoms with Crippen molar-refractivity contribution in [3.63, 3.8) is 0 Å². The third kappa shape index (κ3) is 1.39. The van der Waals surface area contributed by atoms with Crippen LogP contribution in [-0.4, -0.2) is 23.7 Å². The van der Waals surface area contributed by atoms with E-state index in [0.29, 0.717) is 12.1 Å². The summed E-state index contributed by atoms with van der Waals surface area (Å²) < 4.78 is 0. The number of fused-ring (bicyclic) bond motifs is 1. The third-order valence-corrected chi connectivity index (χ3v) is 2.85. The molecular weight excluding hydrogens is 156 g/mol. The first-order chi connectivity index (χ1) is 5.40. The molecule has 0 aromatic heterocycles. The van der Waals surface area contributed by atoms with E-state index in [0.717, 1.165) is 11.6 Å². The van der Waals surface area contributed by atoms with Crippen LogP contribution in [0.4, 0.5) is 0 Å². The molecule has 0 saturated heterocycles. The molecule has 1 saturated carbocycles. The summed E-state index contributed by atoms with van der Waals surface area (Å²) in [6.45, 7) is 0. The Morgan fingerprint density at radius 3 is 3.00 bits per heavy atom. The highest BCUT2D eigenvalue weighted by Crippen LogP contribution is 2.24. The normalized spacial score (nSPS) is 35.9. The van der Waals surface area contributed by atoms with Gasteiger partial charge in [0.2, 0.25) is 0 Å². The SMILES string of the molecule is SCC1=NC2CCCCC2N1. The fraction of sp³-hybridized carbons (Fsp3) is 0.875. The van der Waals surface area contributed by atoms with Crippen LogP contribution in [0.25, 0.3) is 0 Å². The fourth-order valence-corrected chi connectivity index (χ4v) is 2.15. The maximum atomic E-state index is 4.56. The van der Waals surface area contributed by atoms with Crippen LogP contribution in [-0.2, 0) is 0 Å². The highest BCUT2D eigenvalue weighted by atomic mass is 32.1. The summed E-state index contributed by atoms with van der Waals surface area (Å²) in [6, 6.07) is 1.22. The lowest BCUT2D eigenvalue weighted by Crippen LogP contribution is -2.37. The van der Waals surface area contributed by atoms with Crippen LogP contribution < -0.4 is 5.32 Å². The molecule has 2 atom stereocenters. The zero-order chi connectivity index (χ0) is 7.68. The van der Waals surface area contributed by atoms with Crippen molar-refractivity contribution in [2.45, 2.75) is 37.8 Å². The van der Waals surface area contributed by atoms with Gasteiger partial charge in [0.05, 0.1) is 6.04 Å². The van der Waals surface area contributed by atoms with Gasteiger partial charge in [-0.15, -0.1) is 0 Å². The van der Waals surface area contributed by atoms with Gasteiger partial charge in [-0.3, -0.25) is 4.99 Å². The van der Waals surface area contributed by atoms with Gasteiger partial charge in [-0.25, -0.2) is 0 Å². The molecule has 0 amide bonds. The van der Waals surface area contributed by atoms with Gasteiger partial charge in [-0.2, -0.15) is 12.6 Å². The molecule has 1 aliphatic carbocycles. The van der Waals surface area contributed by atoms with Crippen LogP contribution in [0.5, 0.6) is 0 Å². The molecule has 62 valence electrons. The Kier molecular flexibility index (Phi) is 2.07. The number of amidine groups is 1. The van der Waals surface area contributed by atoms with E-state index in [4.69, 9.17) is 0 Å². The smallest absolute Gasteiger partial charge is 0.107 e. The predicted molar refractivity (Wildman–Crippen MR) is 50.5 cm³/mol. The van der Waals surface area contributed by atoms with Crippen LogP contribution >= 0.6 is 12.6 Å². The first kappa shape index (κ1) is 7.47. The maximum absolute atomic E-state index is 4.56. The van der Waals surface area contributed by atoms with E-state index >= 15 is 0 Å². The number of nitrogens with zero attached hydrogens (tertiary/aromatic N) is 1. The lowest BCUT2D eigenvalue weighted by atomic mass is 9.92. The molecule has 0 bridgehead atoms. The standard InChI is InChI=1S/C8H14N2S/c11-5-8-9-6-3-1-2-4-7(6)10-8/h6-7,11H,1-5H2,(H,9,10). The molecule has 2 rings (SSSR count). The Balaban J connectivity index is 2.02. The van der Waals surface area contributed by atoms with Crippen molar-refractivity contribution in [3.05, 3.63) is 0 Å². The van der Waals surface area contributed by atoms with Gasteiger partial charge < -0.3 is 5.32 Å².